The molecule has 3 aromatic carbocycles. The zero-order valence-corrected chi connectivity index (χ0v) is 15.8. The summed E-state index contributed by atoms with van der Waals surface area (Å²) in [5.41, 5.74) is 1.70. The van der Waals surface area contributed by atoms with E-state index in [9.17, 15) is 14.9 Å². The van der Waals surface area contributed by atoms with E-state index >= 15 is 0 Å². The van der Waals surface area contributed by atoms with Crippen molar-refractivity contribution < 1.29 is 9.72 Å². The highest BCUT2D eigenvalue weighted by atomic mass is 35.5. The van der Waals surface area contributed by atoms with Crippen molar-refractivity contribution in [1.29, 1.82) is 0 Å². The van der Waals surface area contributed by atoms with Crippen LogP contribution >= 0.6 is 11.6 Å². The van der Waals surface area contributed by atoms with Crippen molar-refractivity contribution in [3.8, 4) is 0 Å². The van der Waals surface area contributed by atoms with Crippen molar-refractivity contribution in [3.05, 3.63) is 111 Å². The van der Waals surface area contributed by atoms with Gasteiger partial charge in [0.25, 0.3) is 11.6 Å². The number of benzene rings is 3. The van der Waals surface area contributed by atoms with Crippen molar-refractivity contribution in [2.45, 2.75) is 0 Å². The molecule has 6 nitrogen and oxygen atoms in total. The van der Waals surface area contributed by atoms with Crippen LogP contribution in [0.15, 0.2) is 89.6 Å². The van der Waals surface area contributed by atoms with E-state index in [0.29, 0.717) is 22.1 Å². The molecule has 0 saturated carbocycles. The maximum atomic E-state index is 13.2. The Morgan fingerprint density at radius 3 is 2.28 bits per heavy atom. The standard InChI is InChI=1S/C22H14ClN3O3/c23-17-10-12-18(13-11-17)25-21(15-6-2-1-3-7-15)24-19(22(25)27)14-16-8-4-5-9-20(16)26(28)29/h1-14H/b19-14+. The summed E-state index contributed by atoms with van der Waals surface area (Å²) < 4.78 is 0. The van der Waals surface area contributed by atoms with Gasteiger partial charge in [0.2, 0.25) is 0 Å². The van der Waals surface area contributed by atoms with Crippen molar-refractivity contribution in [3.63, 3.8) is 0 Å². The number of nitro benzene ring substituents is 1. The Bertz CT molecular complexity index is 1160. The van der Waals surface area contributed by atoms with Crippen molar-refractivity contribution in [1.82, 2.24) is 0 Å². The summed E-state index contributed by atoms with van der Waals surface area (Å²) >= 11 is 5.98. The first-order valence-corrected chi connectivity index (χ1v) is 9.11. The number of amidine groups is 1. The van der Waals surface area contributed by atoms with E-state index in [0.717, 1.165) is 5.56 Å². The molecule has 0 radical (unpaired) electrons. The summed E-state index contributed by atoms with van der Waals surface area (Å²) in [5, 5.41) is 11.9. The molecule has 4 rings (SSSR count). The van der Waals surface area contributed by atoms with Crippen LogP contribution in [-0.4, -0.2) is 16.7 Å². The number of para-hydroxylation sites is 1. The minimum absolute atomic E-state index is 0.0887. The molecule has 142 valence electrons. The quantitative estimate of drug-likeness (QED) is 0.346. The average molecular weight is 404 g/mol. The molecule has 0 atom stereocenters. The molecule has 0 saturated heterocycles. The lowest BCUT2D eigenvalue weighted by Gasteiger charge is -2.18. The van der Waals surface area contributed by atoms with E-state index < -0.39 is 4.92 Å². The number of hydrogen-bond acceptors (Lipinski definition) is 4. The highest BCUT2D eigenvalue weighted by molar-refractivity contribution is 6.34. The van der Waals surface area contributed by atoms with E-state index in [1.54, 1.807) is 42.5 Å². The zero-order valence-electron chi connectivity index (χ0n) is 15.0. The van der Waals surface area contributed by atoms with Crippen LogP contribution in [-0.2, 0) is 4.79 Å². The normalized spacial score (nSPS) is 14.9. The maximum absolute atomic E-state index is 13.2. The van der Waals surface area contributed by atoms with Crippen LogP contribution in [0.4, 0.5) is 11.4 Å². The second-order valence-corrected chi connectivity index (χ2v) is 6.70. The SMILES string of the molecule is O=C1/C(=C\c2ccccc2[N+](=O)[O-])N=C(c2ccccc2)N1c1ccc(Cl)cc1. The Balaban J connectivity index is 1.85. The van der Waals surface area contributed by atoms with Gasteiger partial charge in [0.1, 0.15) is 11.5 Å². The first-order valence-electron chi connectivity index (χ1n) is 8.74. The van der Waals surface area contributed by atoms with Crippen LogP contribution in [0.2, 0.25) is 5.02 Å². The molecular weight excluding hydrogens is 390 g/mol. The molecule has 0 fully saturated rings. The van der Waals surface area contributed by atoms with Gasteiger partial charge >= 0.3 is 0 Å². The third kappa shape index (κ3) is 3.66. The highest BCUT2D eigenvalue weighted by Gasteiger charge is 2.32. The number of amides is 1. The molecule has 29 heavy (non-hydrogen) atoms. The Labute approximate surface area is 171 Å². The number of hydrogen-bond donors (Lipinski definition) is 0. The largest absolute Gasteiger partial charge is 0.282 e. The lowest BCUT2D eigenvalue weighted by Crippen LogP contribution is -2.32. The minimum Gasteiger partial charge on any atom is -0.266 e. The number of carbonyl (C=O) groups is 1. The number of halogens is 1. The molecule has 1 heterocycles. The van der Waals surface area contributed by atoms with Gasteiger partial charge in [-0.1, -0.05) is 54.1 Å². The van der Waals surface area contributed by atoms with Crippen LogP contribution in [0.1, 0.15) is 11.1 Å². The average Bonchev–Trinajstić information content (AvgIpc) is 3.06. The second kappa shape index (κ2) is 7.69. The van der Waals surface area contributed by atoms with Gasteiger partial charge < -0.3 is 0 Å². The predicted octanol–water partition coefficient (Wildman–Crippen LogP) is 5.08. The fraction of sp³-hybridized carbons (Fsp3) is 0. The maximum Gasteiger partial charge on any atom is 0.282 e. The number of nitrogens with zero attached hydrogens (tertiary/aromatic N) is 3. The van der Waals surface area contributed by atoms with Crippen molar-refractivity contribution in [2.75, 3.05) is 4.90 Å². The van der Waals surface area contributed by atoms with Gasteiger partial charge in [-0.3, -0.25) is 19.8 Å². The first-order chi connectivity index (χ1) is 14.0. The fourth-order valence-corrected chi connectivity index (χ4v) is 3.18. The van der Waals surface area contributed by atoms with Gasteiger partial charge in [-0.15, -0.1) is 0 Å². The third-order valence-corrected chi connectivity index (χ3v) is 4.65. The van der Waals surface area contributed by atoms with E-state index in [1.807, 2.05) is 30.3 Å². The number of carbonyl (C=O) groups excluding carboxylic acids is 1. The molecule has 1 aliphatic heterocycles. The molecule has 0 aromatic heterocycles. The van der Waals surface area contributed by atoms with Gasteiger partial charge in [0.05, 0.1) is 16.2 Å². The van der Waals surface area contributed by atoms with Crippen molar-refractivity contribution >= 4 is 40.8 Å². The predicted molar refractivity (Wildman–Crippen MR) is 113 cm³/mol. The van der Waals surface area contributed by atoms with Crippen LogP contribution in [0.25, 0.3) is 6.08 Å². The molecular formula is C22H14ClN3O3. The molecule has 1 amide bonds. The fourth-order valence-electron chi connectivity index (χ4n) is 3.05. The summed E-state index contributed by atoms with van der Waals surface area (Å²) in [6, 6.07) is 22.4. The zero-order chi connectivity index (χ0) is 20.4. The first kappa shape index (κ1) is 18.6. The number of rotatable bonds is 4. The lowest BCUT2D eigenvalue weighted by molar-refractivity contribution is -0.385. The topological polar surface area (TPSA) is 75.8 Å². The van der Waals surface area contributed by atoms with E-state index in [-0.39, 0.29) is 17.3 Å². The van der Waals surface area contributed by atoms with Gasteiger partial charge in [-0.2, -0.15) is 0 Å². The Morgan fingerprint density at radius 2 is 1.59 bits per heavy atom. The van der Waals surface area contributed by atoms with Crippen LogP contribution in [0.5, 0.6) is 0 Å². The highest BCUT2D eigenvalue weighted by Crippen LogP contribution is 2.30. The van der Waals surface area contributed by atoms with Crippen LogP contribution < -0.4 is 4.90 Å². The minimum atomic E-state index is -0.482. The molecule has 0 unspecified atom stereocenters. The molecule has 0 bridgehead atoms. The number of anilines is 1. The van der Waals surface area contributed by atoms with Crippen LogP contribution in [0.3, 0.4) is 0 Å². The van der Waals surface area contributed by atoms with E-state index in [4.69, 9.17) is 11.6 Å². The van der Waals surface area contributed by atoms with Gasteiger partial charge in [0, 0.05) is 16.7 Å². The number of aliphatic imine (C=N–C) groups is 1. The van der Waals surface area contributed by atoms with Gasteiger partial charge in [0.15, 0.2) is 0 Å². The van der Waals surface area contributed by atoms with E-state index in [2.05, 4.69) is 4.99 Å². The summed E-state index contributed by atoms with van der Waals surface area (Å²) in [7, 11) is 0. The lowest BCUT2D eigenvalue weighted by atomic mass is 10.1. The summed E-state index contributed by atoms with van der Waals surface area (Å²) in [4.78, 5) is 30.0. The Kier molecular flexibility index (Phi) is 4.93. The molecule has 1 aliphatic rings. The van der Waals surface area contributed by atoms with Crippen LogP contribution in [0, 0.1) is 10.1 Å². The summed E-state index contributed by atoms with van der Waals surface area (Å²) in [5.74, 6) is 0.0760. The molecule has 3 aromatic rings. The third-order valence-electron chi connectivity index (χ3n) is 4.40. The monoisotopic (exact) mass is 403 g/mol. The van der Waals surface area contributed by atoms with E-state index in [1.165, 1.54) is 17.0 Å². The molecule has 7 heteroatoms. The summed E-state index contributed by atoms with van der Waals surface area (Å²) in [6.45, 7) is 0. The van der Waals surface area contributed by atoms with Crippen molar-refractivity contribution in [2.24, 2.45) is 4.99 Å². The second-order valence-electron chi connectivity index (χ2n) is 6.26. The molecule has 0 aliphatic carbocycles. The smallest absolute Gasteiger partial charge is 0.266 e. The summed E-state index contributed by atoms with van der Waals surface area (Å²) in [6.07, 6.45) is 1.44. The Morgan fingerprint density at radius 1 is 0.931 bits per heavy atom. The molecule has 0 N–H and O–H groups in total. The van der Waals surface area contributed by atoms with Gasteiger partial charge in [-0.25, -0.2) is 4.99 Å². The molecule has 0 spiro atoms. The van der Waals surface area contributed by atoms with Gasteiger partial charge in [-0.05, 0) is 36.4 Å². The number of nitro groups is 1. The Hall–Kier alpha value is -3.77.